The van der Waals surface area contributed by atoms with Crippen molar-refractivity contribution >= 4 is 22.4 Å². The molecule has 0 radical (unpaired) electrons. The monoisotopic (exact) mass is 335 g/mol. The predicted octanol–water partition coefficient (Wildman–Crippen LogP) is 2.17. The Morgan fingerprint density at radius 1 is 1.35 bits per heavy atom. The first-order chi connectivity index (χ1) is 11.2. The van der Waals surface area contributed by atoms with E-state index in [9.17, 15) is 4.79 Å². The Morgan fingerprint density at radius 2 is 2.17 bits per heavy atom. The highest BCUT2D eigenvalue weighted by Gasteiger charge is 2.43. The summed E-state index contributed by atoms with van der Waals surface area (Å²) >= 11 is 1.45. The highest BCUT2D eigenvalue weighted by atomic mass is 32.1. The van der Waals surface area contributed by atoms with E-state index in [-0.39, 0.29) is 5.91 Å². The number of aromatic nitrogens is 6. The quantitative estimate of drug-likeness (QED) is 0.868. The summed E-state index contributed by atoms with van der Waals surface area (Å²) in [5.41, 5.74) is -0.711. The molecule has 8 nitrogen and oxygen atoms in total. The van der Waals surface area contributed by atoms with Gasteiger partial charge in [0.2, 0.25) is 5.13 Å². The SMILES string of the molecule is CCCCc1nnc(NC(=O)C2(n3cnnn3)CCCCC2)s1. The van der Waals surface area contributed by atoms with Crippen molar-refractivity contribution in [2.24, 2.45) is 0 Å². The van der Waals surface area contributed by atoms with Crippen LogP contribution in [0.3, 0.4) is 0 Å². The van der Waals surface area contributed by atoms with Crippen LogP contribution in [0, 0.1) is 0 Å². The van der Waals surface area contributed by atoms with Crippen molar-refractivity contribution in [3.05, 3.63) is 11.3 Å². The fourth-order valence-electron chi connectivity index (χ4n) is 3.00. The minimum Gasteiger partial charge on any atom is -0.298 e. The largest absolute Gasteiger partial charge is 0.298 e. The Morgan fingerprint density at radius 3 is 2.87 bits per heavy atom. The van der Waals surface area contributed by atoms with Crippen LogP contribution >= 0.6 is 11.3 Å². The van der Waals surface area contributed by atoms with Crippen molar-refractivity contribution in [1.82, 2.24) is 30.4 Å². The summed E-state index contributed by atoms with van der Waals surface area (Å²) in [6.45, 7) is 2.14. The van der Waals surface area contributed by atoms with Crippen LogP contribution in [0.2, 0.25) is 0 Å². The number of carbonyl (C=O) groups is 1. The number of tetrazole rings is 1. The van der Waals surface area contributed by atoms with Crippen LogP contribution < -0.4 is 5.32 Å². The zero-order chi connectivity index (χ0) is 16.1. The number of hydrogen-bond acceptors (Lipinski definition) is 7. The standard InChI is InChI=1S/C14H21N7OS/c1-2-3-7-11-17-18-13(23-11)16-12(22)14(8-5-4-6-9-14)21-10-15-19-20-21/h10H,2-9H2,1H3,(H,16,18,22). The minimum absolute atomic E-state index is 0.0947. The summed E-state index contributed by atoms with van der Waals surface area (Å²) in [4.78, 5) is 12.9. The van der Waals surface area contributed by atoms with E-state index in [0.717, 1.165) is 56.4 Å². The molecule has 2 aromatic rings. The number of unbranched alkanes of at least 4 members (excludes halogenated alkanes) is 1. The fourth-order valence-corrected chi connectivity index (χ4v) is 3.78. The molecule has 0 atom stereocenters. The van der Waals surface area contributed by atoms with Crippen LogP contribution in [0.1, 0.15) is 56.9 Å². The second-order valence-electron chi connectivity index (χ2n) is 5.91. The average Bonchev–Trinajstić information content (AvgIpc) is 3.25. The number of rotatable bonds is 6. The molecule has 124 valence electrons. The van der Waals surface area contributed by atoms with Crippen molar-refractivity contribution in [3.8, 4) is 0 Å². The number of anilines is 1. The highest BCUT2D eigenvalue weighted by Crippen LogP contribution is 2.35. The summed E-state index contributed by atoms with van der Waals surface area (Å²) in [5.74, 6) is -0.0947. The molecule has 9 heteroatoms. The normalized spacial score (nSPS) is 17.1. The Hall–Kier alpha value is -1.90. The van der Waals surface area contributed by atoms with Gasteiger partial charge in [0.1, 0.15) is 16.9 Å². The van der Waals surface area contributed by atoms with E-state index in [1.165, 1.54) is 17.7 Å². The second-order valence-corrected chi connectivity index (χ2v) is 6.97. The number of carbonyl (C=O) groups excluding carboxylic acids is 1. The summed E-state index contributed by atoms with van der Waals surface area (Å²) < 4.78 is 1.60. The van der Waals surface area contributed by atoms with Crippen molar-refractivity contribution < 1.29 is 4.79 Å². The molecule has 1 amide bonds. The van der Waals surface area contributed by atoms with Crippen molar-refractivity contribution in [1.29, 1.82) is 0 Å². The van der Waals surface area contributed by atoms with Gasteiger partial charge in [-0.15, -0.1) is 15.3 Å². The third kappa shape index (κ3) is 3.39. The maximum atomic E-state index is 12.9. The van der Waals surface area contributed by atoms with Crippen LogP contribution in [-0.4, -0.2) is 36.3 Å². The van der Waals surface area contributed by atoms with Gasteiger partial charge in [-0.3, -0.25) is 10.1 Å². The number of amides is 1. The molecule has 0 aliphatic heterocycles. The van der Waals surface area contributed by atoms with Crippen LogP contribution in [-0.2, 0) is 16.8 Å². The first-order valence-corrected chi connectivity index (χ1v) is 8.93. The first kappa shape index (κ1) is 16.0. The molecule has 23 heavy (non-hydrogen) atoms. The molecule has 1 aliphatic carbocycles. The van der Waals surface area contributed by atoms with Crippen LogP contribution in [0.15, 0.2) is 6.33 Å². The molecule has 0 aromatic carbocycles. The molecule has 0 unspecified atom stereocenters. The van der Waals surface area contributed by atoms with Crippen molar-refractivity contribution in [2.45, 2.75) is 63.8 Å². The van der Waals surface area contributed by atoms with Gasteiger partial charge >= 0.3 is 0 Å². The van der Waals surface area contributed by atoms with E-state index in [2.05, 4.69) is 38.0 Å². The Bertz CT molecular complexity index is 633. The molecule has 2 aromatic heterocycles. The fraction of sp³-hybridized carbons (Fsp3) is 0.714. The smallest absolute Gasteiger partial charge is 0.254 e. The van der Waals surface area contributed by atoms with Gasteiger partial charge in [0.25, 0.3) is 5.91 Å². The molecule has 2 heterocycles. The average molecular weight is 335 g/mol. The van der Waals surface area contributed by atoms with Gasteiger partial charge in [0, 0.05) is 6.42 Å². The Labute approximate surface area is 138 Å². The van der Waals surface area contributed by atoms with Gasteiger partial charge in [0.15, 0.2) is 0 Å². The molecule has 0 saturated heterocycles. The predicted molar refractivity (Wildman–Crippen MR) is 86.0 cm³/mol. The van der Waals surface area contributed by atoms with Crippen molar-refractivity contribution in [2.75, 3.05) is 5.32 Å². The van der Waals surface area contributed by atoms with Gasteiger partial charge in [0.05, 0.1) is 0 Å². The van der Waals surface area contributed by atoms with Gasteiger partial charge in [-0.1, -0.05) is 43.9 Å². The number of nitrogens with zero attached hydrogens (tertiary/aromatic N) is 6. The number of hydrogen-bond donors (Lipinski definition) is 1. The van der Waals surface area contributed by atoms with Crippen LogP contribution in [0.4, 0.5) is 5.13 Å². The van der Waals surface area contributed by atoms with Crippen molar-refractivity contribution in [3.63, 3.8) is 0 Å². The maximum absolute atomic E-state index is 12.9. The lowest BCUT2D eigenvalue weighted by Gasteiger charge is -2.34. The minimum atomic E-state index is -0.711. The lowest BCUT2D eigenvalue weighted by atomic mass is 9.81. The zero-order valence-corrected chi connectivity index (χ0v) is 14.1. The zero-order valence-electron chi connectivity index (χ0n) is 13.2. The van der Waals surface area contributed by atoms with E-state index in [0.29, 0.717) is 5.13 Å². The first-order valence-electron chi connectivity index (χ1n) is 8.12. The Balaban J connectivity index is 1.75. The summed E-state index contributed by atoms with van der Waals surface area (Å²) in [5, 5.41) is 24.1. The van der Waals surface area contributed by atoms with Crippen LogP contribution in [0.5, 0.6) is 0 Å². The second kappa shape index (κ2) is 7.12. The third-order valence-electron chi connectivity index (χ3n) is 4.32. The molecular weight excluding hydrogens is 314 g/mol. The van der Waals surface area contributed by atoms with E-state index in [1.807, 2.05) is 0 Å². The molecule has 1 N–H and O–H groups in total. The van der Waals surface area contributed by atoms with Gasteiger partial charge in [-0.25, -0.2) is 4.68 Å². The number of nitrogens with one attached hydrogen (secondary N) is 1. The molecule has 1 fully saturated rings. The molecule has 0 bridgehead atoms. The van der Waals surface area contributed by atoms with E-state index < -0.39 is 5.54 Å². The van der Waals surface area contributed by atoms with Gasteiger partial charge in [-0.2, -0.15) is 0 Å². The summed E-state index contributed by atoms with van der Waals surface area (Å²) in [7, 11) is 0. The van der Waals surface area contributed by atoms with Gasteiger partial charge < -0.3 is 0 Å². The van der Waals surface area contributed by atoms with E-state index >= 15 is 0 Å². The maximum Gasteiger partial charge on any atom is 0.254 e. The lowest BCUT2D eigenvalue weighted by molar-refractivity contribution is -0.126. The summed E-state index contributed by atoms with van der Waals surface area (Å²) in [6, 6.07) is 0. The van der Waals surface area contributed by atoms with Crippen LogP contribution in [0.25, 0.3) is 0 Å². The highest BCUT2D eigenvalue weighted by molar-refractivity contribution is 7.15. The molecule has 1 aliphatic rings. The molecule has 3 rings (SSSR count). The van der Waals surface area contributed by atoms with E-state index in [1.54, 1.807) is 4.68 Å². The summed E-state index contributed by atoms with van der Waals surface area (Å²) in [6.07, 6.45) is 9.23. The molecule has 1 saturated carbocycles. The lowest BCUT2D eigenvalue weighted by Crippen LogP contribution is -2.47. The third-order valence-corrected chi connectivity index (χ3v) is 5.22. The molecule has 0 spiro atoms. The molecular formula is C14H21N7OS. The van der Waals surface area contributed by atoms with Gasteiger partial charge in [-0.05, 0) is 29.7 Å². The van der Waals surface area contributed by atoms with E-state index in [4.69, 9.17) is 0 Å². The Kier molecular flexibility index (Phi) is 4.94. The topological polar surface area (TPSA) is 98.5 Å². The number of aryl methyl sites for hydroxylation is 1.